The van der Waals surface area contributed by atoms with Crippen LogP contribution in [0.1, 0.15) is 21.5 Å². The second-order valence-electron chi connectivity index (χ2n) is 4.71. The Labute approximate surface area is 129 Å². The summed E-state index contributed by atoms with van der Waals surface area (Å²) in [4.78, 5) is 23.1. The molecule has 0 radical (unpaired) electrons. The number of carbonyl (C=O) groups excluding carboxylic acids is 2. The van der Waals surface area contributed by atoms with E-state index in [0.29, 0.717) is 17.7 Å². The van der Waals surface area contributed by atoms with E-state index in [4.69, 9.17) is 10.5 Å². The molecule has 0 bridgehead atoms. The fourth-order valence-electron chi connectivity index (χ4n) is 1.91. The van der Waals surface area contributed by atoms with Gasteiger partial charge in [-0.25, -0.2) is 0 Å². The fourth-order valence-corrected chi connectivity index (χ4v) is 1.91. The Balaban J connectivity index is 2.26. The number of nitrogens with two attached hydrogens (primary N) is 1. The third-order valence-electron chi connectivity index (χ3n) is 2.99. The van der Waals surface area contributed by atoms with Crippen LogP contribution in [0.2, 0.25) is 0 Å². The van der Waals surface area contributed by atoms with Crippen molar-refractivity contribution in [1.29, 1.82) is 0 Å². The molecule has 0 aliphatic rings. The molecule has 0 aromatic heterocycles. The lowest BCUT2D eigenvalue weighted by molar-refractivity contribution is -0.139. The summed E-state index contributed by atoms with van der Waals surface area (Å²) in [6.45, 7) is 0. The Kier molecular flexibility index (Phi) is 4.68. The predicted molar refractivity (Wildman–Crippen MR) is 75.7 cm³/mol. The maximum Gasteiger partial charge on any atom is 0.416 e. The van der Waals surface area contributed by atoms with E-state index < -0.39 is 29.4 Å². The molecule has 0 spiro atoms. The van der Waals surface area contributed by atoms with Crippen molar-refractivity contribution in [2.24, 2.45) is 5.73 Å². The Morgan fingerprint density at radius 2 is 1.70 bits per heavy atom. The normalized spacial score (nSPS) is 11.1. The van der Waals surface area contributed by atoms with Crippen LogP contribution in [0.4, 0.5) is 13.2 Å². The number of primary amides is 1. The minimum absolute atomic E-state index is 0.144. The van der Waals surface area contributed by atoms with Gasteiger partial charge in [-0.2, -0.15) is 13.2 Å². The Morgan fingerprint density at radius 3 is 2.26 bits per heavy atom. The molecule has 0 saturated carbocycles. The number of benzene rings is 2. The topological polar surface area (TPSA) is 69.4 Å². The predicted octanol–water partition coefficient (Wildman–Crippen LogP) is 2.95. The summed E-state index contributed by atoms with van der Waals surface area (Å²) in [7, 11) is 0. The number of halogens is 3. The average Bonchev–Trinajstić information content (AvgIpc) is 2.46. The standard InChI is InChI=1S/C16H12F3NO3/c17-16(18,19)11-6-7-12(15(20)22)13(9-11)23-14(21)8-10-4-2-1-3-5-10/h1-7,9H,8H2,(H2,20,22). The van der Waals surface area contributed by atoms with Crippen molar-refractivity contribution >= 4 is 11.9 Å². The Morgan fingerprint density at radius 1 is 1.04 bits per heavy atom. The summed E-state index contributed by atoms with van der Waals surface area (Å²) in [5.74, 6) is -2.28. The number of rotatable bonds is 4. The summed E-state index contributed by atoms with van der Waals surface area (Å²) in [5.41, 5.74) is 4.39. The zero-order valence-electron chi connectivity index (χ0n) is 11.8. The average molecular weight is 323 g/mol. The first-order valence-corrected chi connectivity index (χ1v) is 6.53. The molecule has 0 fully saturated rings. The lowest BCUT2D eigenvalue weighted by Gasteiger charge is -2.12. The third kappa shape index (κ3) is 4.32. The van der Waals surface area contributed by atoms with E-state index in [1.807, 2.05) is 0 Å². The first-order valence-electron chi connectivity index (χ1n) is 6.53. The van der Waals surface area contributed by atoms with Gasteiger partial charge in [0.2, 0.25) is 0 Å². The highest BCUT2D eigenvalue weighted by Crippen LogP contribution is 2.33. The van der Waals surface area contributed by atoms with E-state index in [-0.39, 0.29) is 12.0 Å². The summed E-state index contributed by atoms with van der Waals surface area (Å²) in [6.07, 6.45) is -4.77. The van der Waals surface area contributed by atoms with Gasteiger partial charge in [0, 0.05) is 0 Å². The molecule has 2 N–H and O–H groups in total. The summed E-state index contributed by atoms with van der Waals surface area (Å²) >= 11 is 0. The minimum Gasteiger partial charge on any atom is -0.425 e. The molecule has 2 aromatic carbocycles. The van der Waals surface area contributed by atoms with E-state index in [1.54, 1.807) is 30.3 Å². The fraction of sp³-hybridized carbons (Fsp3) is 0.125. The van der Waals surface area contributed by atoms with Gasteiger partial charge in [0.1, 0.15) is 5.75 Å². The molecule has 0 saturated heterocycles. The van der Waals surface area contributed by atoms with Gasteiger partial charge in [-0.1, -0.05) is 30.3 Å². The summed E-state index contributed by atoms with van der Waals surface area (Å²) < 4.78 is 43.1. The minimum atomic E-state index is -4.63. The van der Waals surface area contributed by atoms with Crippen molar-refractivity contribution in [2.45, 2.75) is 12.6 Å². The van der Waals surface area contributed by atoms with Crippen LogP contribution in [-0.2, 0) is 17.4 Å². The first-order chi connectivity index (χ1) is 10.8. The molecule has 2 rings (SSSR count). The Hall–Kier alpha value is -2.83. The summed E-state index contributed by atoms with van der Waals surface area (Å²) in [5, 5.41) is 0. The van der Waals surface area contributed by atoms with Crippen LogP contribution in [0.3, 0.4) is 0 Å². The molecule has 0 atom stereocenters. The second kappa shape index (κ2) is 6.51. The molecular weight excluding hydrogens is 311 g/mol. The molecule has 4 nitrogen and oxygen atoms in total. The number of ether oxygens (including phenoxy) is 1. The van der Waals surface area contributed by atoms with Gasteiger partial charge >= 0.3 is 12.1 Å². The quantitative estimate of drug-likeness (QED) is 0.695. The maximum atomic E-state index is 12.7. The van der Waals surface area contributed by atoms with E-state index >= 15 is 0 Å². The second-order valence-corrected chi connectivity index (χ2v) is 4.71. The number of carbonyl (C=O) groups is 2. The molecule has 120 valence electrons. The zero-order chi connectivity index (χ0) is 17.0. The van der Waals surface area contributed by atoms with Crippen molar-refractivity contribution in [3.8, 4) is 5.75 Å². The highest BCUT2D eigenvalue weighted by molar-refractivity contribution is 5.96. The molecule has 0 aliphatic heterocycles. The first kappa shape index (κ1) is 16.5. The van der Waals surface area contributed by atoms with Crippen molar-refractivity contribution < 1.29 is 27.5 Å². The number of esters is 1. The molecule has 1 amide bonds. The Bertz CT molecular complexity index is 727. The van der Waals surface area contributed by atoms with Gasteiger partial charge in [0.25, 0.3) is 5.91 Å². The number of hydrogen-bond acceptors (Lipinski definition) is 3. The van der Waals surface area contributed by atoms with E-state index in [2.05, 4.69) is 0 Å². The number of amides is 1. The molecule has 0 heterocycles. The van der Waals surface area contributed by atoms with Crippen LogP contribution in [0.15, 0.2) is 48.5 Å². The van der Waals surface area contributed by atoms with Crippen molar-refractivity contribution in [1.82, 2.24) is 0 Å². The smallest absolute Gasteiger partial charge is 0.416 e. The van der Waals surface area contributed by atoms with E-state index in [0.717, 1.165) is 6.07 Å². The van der Waals surface area contributed by atoms with Crippen LogP contribution < -0.4 is 10.5 Å². The largest absolute Gasteiger partial charge is 0.425 e. The van der Waals surface area contributed by atoms with Gasteiger partial charge in [-0.3, -0.25) is 9.59 Å². The van der Waals surface area contributed by atoms with Crippen molar-refractivity contribution in [3.05, 3.63) is 65.2 Å². The maximum absolute atomic E-state index is 12.7. The van der Waals surface area contributed by atoms with E-state index in [1.165, 1.54) is 0 Å². The van der Waals surface area contributed by atoms with Crippen LogP contribution in [-0.4, -0.2) is 11.9 Å². The van der Waals surface area contributed by atoms with Gasteiger partial charge in [-0.05, 0) is 23.8 Å². The van der Waals surface area contributed by atoms with E-state index in [9.17, 15) is 22.8 Å². The molecule has 0 aliphatic carbocycles. The van der Waals surface area contributed by atoms with Crippen LogP contribution in [0, 0.1) is 0 Å². The number of hydrogen-bond donors (Lipinski definition) is 1. The SMILES string of the molecule is NC(=O)c1ccc(C(F)(F)F)cc1OC(=O)Cc1ccccc1. The lowest BCUT2D eigenvalue weighted by atomic mass is 10.1. The highest BCUT2D eigenvalue weighted by atomic mass is 19.4. The van der Waals surface area contributed by atoms with Crippen LogP contribution in [0.25, 0.3) is 0 Å². The molecule has 0 unspecified atom stereocenters. The lowest BCUT2D eigenvalue weighted by Crippen LogP contribution is -2.18. The third-order valence-corrected chi connectivity index (χ3v) is 2.99. The molecule has 23 heavy (non-hydrogen) atoms. The number of alkyl halides is 3. The molecule has 2 aromatic rings. The van der Waals surface area contributed by atoms with Gasteiger partial charge in [0.15, 0.2) is 0 Å². The zero-order valence-corrected chi connectivity index (χ0v) is 11.8. The van der Waals surface area contributed by atoms with Crippen molar-refractivity contribution in [2.75, 3.05) is 0 Å². The van der Waals surface area contributed by atoms with Crippen molar-refractivity contribution in [3.63, 3.8) is 0 Å². The molecule has 7 heteroatoms. The van der Waals surface area contributed by atoms with Gasteiger partial charge in [-0.15, -0.1) is 0 Å². The summed E-state index contributed by atoms with van der Waals surface area (Å²) in [6, 6.07) is 10.7. The van der Waals surface area contributed by atoms with Crippen LogP contribution >= 0.6 is 0 Å². The molecular formula is C16H12F3NO3. The van der Waals surface area contributed by atoms with Gasteiger partial charge in [0.05, 0.1) is 17.5 Å². The highest BCUT2D eigenvalue weighted by Gasteiger charge is 2.32. The van der Waals surface area contributed by atoms with Gasteiger partial charge < -0.3 is 10.5 Å². The van der Waals surface area contributed by atoms with Crippen LogP contribution in [0.5, 0.6) is 5.75 Å². The monoisotopic (exact) mass is 323 g/mol.